The zero-order chi connectivity index (χ0) is 19.3. The van der Waals surface area contributed by atoms with E-state index in [-0.39, 0.29) is 17.5 Å². The highest BCUT2D eigenvalue weighted by molar-refractivity contribution is 7.89. The van der Waals surface area contributed by atoms with Crippen LogP contribution in [0.1, 0.15) is 13.8 Å². The van der Waals surface area contributed by atoms with Crippen LogP contribution >= 0.6 is 11.6 Å². The van der Waals surface area contributed by atoms with Crippen molar-refractivity contribution >= 4 is 33.2 Å². The molecule has 0 saturated heterocycles. The molecule has 8 heteroatoms. The molecule has 0 bridgehead atoms. The lowest BCUT2D eigenvalue weighted by atomic mass is 10.3. The Balaban J connectivity index is 2.09. The van der Waals surface area contributed by atoms with Crippen molar-refractivity contribution in [3.8, 4) is 5.75 Å². The van der Waals surface area contributed by atoms with Gasteiger partial charge in [0, 0.05) is 12.1 Å². The molecule has 0 heterocycles. The van der Waals surface area contributed by atoms with Crippen molar-refractivity contribution in [1.29, 1.82) is 0 Å². The van der Waals surface area contributed by atoms with Crippen molar-refractivity contribution < 1.29 is 17.9 Å². The Bertz CT molecular complexity index is 867. The predicted octanol–water partition coefficient (Wildman–Crippen LogP) is 3.39. The molecule has 2 aromatic rings. The number of hydrogen-bond donors (Lipinski definition) is 1. The lowest BCUT2D eigenvalue weighted by Gasteiger charge is -2.18. The summed E-state index contributed by atoms with van der Waals surface area (Å²) >= 11 is 5.78. The summed E-state index contributed by atoms with van der Waals surface area (Å²) in [6, 6.07) is 12.8. The van der Waals surface area contributed by atoms with E-state index in [1.54, 1.807) is 24.3 Å². The van der Waals surface area contributed by atoms with Gasteiger partial charge in [-0.05, 0) is 50.2 Å². The van der Waals surface area contributed by atoms with Gasteiger partial charge in [-0.15, -0.1) is 0 Å². The second kappa shape index (κ2) is 8.53. The molecule has 0 spiro atoms. The number of sulfonamides is 1. The number of likely N-dealkylation sites (N-methyl/N-ethyl adjacent to an activating group) is 1. The van der Waals surface area contributed by atoms with Crippen molar-refractivity contribution in [1.82, 2.24) is 4.31 Å². The molecule has 6 nitrogen and oxygen atoms in total. The molecule has 0 atom stereocenters. The third-order valence-electron chi connectivity index (χ3n) is 3.41. The smallest absolute Gasteiger partial charge is 0.243 e. The lowest BCUT2D eigenvalue weighted by Crippen LogP contribution is -2.35. The van der Waals surface area contributed by atoms with E-state index < -0.39 is 15.9 Å². The van der Waals surface area contributed by atoms with Gasteiger partial charge in [0.05, 0.1) is 23.2 Å². The summed E-state index contributed by atoms with van der Waals surface area (Å²) in [6.45, 7) is 3.43. The van der Waals surface area contributed by atoms with Gasteiger partial charge in [0.1, 0.15) is 5.75 Å². The van der Waals surface area contributed by atoms with Crippen molar-refractivity contribution in [3.05, 3.63) is 53.6 Å². The number of ether oxygens (including phenoxy) is 1. The highest BCUT2D eigenvalue weighted by Crippen LogP contribution is 2.25. The highest BCUT2D eigenvalue weighted by atomic mass is 35.5. The summed E-state index contributed by atoms with van der Waals surface area (Å²) in [5, 5.41) is 3.12. The fraction of sp³-hybridized carbons (Fsp3) is 0.278. The van der Waals surface area contributed by atoms with Gasteiger partial charge in [-0.1, -0.05) is 23.7 Å². The van der Waals surface area contributed by atoms with Crippen LogP contribution in [0.2, 0.25) is 5.02 Å². The zero-order valence-corrected chi connectivity index (χ0v) is 16.3. The Morgan fingerprint density at radius 1 is 1.15 bits per heavy atom. The number of nitrogens with one attached hydrogen (secondary N) is 1. The van der Waals surface area contributed by atoms with E-state index in [2.05, 4.69) is 5.32 Å². The average molecular weight is 397 g/mol. The number of benzene rings is 2. The molecule has 1 amide bonds. The van der Waals surface area contributed by atoms with Crippen LogP contribution in [-0.2, 0) is 14.8 Å². The first-order chi connectivity index (χ1) is 12.2. The van der Waals surface area contributed by atoms with Crippen molar-refractivity contribution in [2.24, 2.45) is 0 Å². The fourth-order valence-corrected chi connectivity index (χ4v) is 3.44. The van der Waals surface area contributed by atoms with Crippen LogP contribution in [-0.4, -0.2) is 38.3 Å². The Labute approximate surface area is 158 Å². The number of carbonyl (C=O) groups excluding carboxylic acids is 1. The van der Waals surface area contributed by atoms with E-state index in [0.29, 0.717) is 16.5 Å². The van der Waals surface area contributed by atoms with E-state index in [1.165, 1.54) is 31.3 Å². The Hall–Kier alpha value is -2.09. The summed E-state index contributed by atoms with van der Waals surface area (Å²) in [7, 11) is -2.44. The number of nitrogens with zero attached hydrogens (tertiary/aromatic N) is 1. The molecule has 26 heavy (non-hydrogen) atoms. The van der Waals surface area contributed by atoms with Crippen LogP contribution in [0.5, 0.6) is 5.75 Å². The summed E-state index contributed by atoms with van der Waals surface area (Å²) in [5.74, 6) is 0.0592. The monoisotopic (exact) mass is 396 g/mol. The van der Waals surface area contributed by atoms with E-state index in [1.807, 2.05) is 13.8 Å². The number of amides is 1. The summed E-state index contributed by atoms with van der Waals surface area (Å²) in [5.41, 5.74) is 0.489. The molecule has 0 aliphatic heterocycles. The number of carbonyl (C=O) groups is 1. The molecule has 0 fully saturated rings. The molecule has 0 aromatic heterocycles. The summed E-state index contributed by atoms with van der Waals surface area (Å²) in [4.78, 5) is 12.4. The molecule has 0 aliphatic rings. The van der Waals surface area contributed by atoms with Crippen LogP contribution < -0.4 is 10.1 Å². The molecule has 2 aromatic carbocycles. The average Bonchev–Trinajstić information content (AvgIpc) is 2.56. The maximum absolute atomic E-state index is 12.5. The first-order valence-corrected chi connectivity index (χ1v) is 9.79. The molecule has 0 saturated carbocycles. The summed E-state index contributed by atoms with van der Waals surface area (Å²) in [6.07, 6.45) is -0.0546. The van der Waals surface area contributed by atoms with Gasteiger partial charge < -0.3 is 10.1 Å². The van der Waals surface area contributed by atoms with Gasteiger partial charge in [0.15, 0.2) is 0 Å². The van der Waals surface area contributed by atoms with E-state index in [9.17, 15) is 13.2 Å². The highest BCUT2D eigenvalue weighted by Gasteiger charge is 2.23. The number of rotatable bonds is 7. The number of halogens is 1. The maximum atomic E-state index is 12.5. The Morgan fingerprint density at radius 2 is 1.77 bits per heavy atom. The van der Waals surface area contributed by atoms with Crippen LogP contribution in [0.3, 0.4) is 0 Å². The van der Waals surface area contributed by atoms with Crippen molar-refractivity contribution in [2.75, 3.05) is 18.9 Å². The Kier molecular flexibility index (Phi) is 6.63. The van der Waals surface area contributed by atoms with Gasteiger partial charge in [0.2, 0.25) is 15.9 Å². The third-order valence-corrected chi connectivity index (χ3v) is 5.48. The molecular formula is C18H21ClN2O4S. The molecule has 0 aliphatic carbocycles. The second-order valence-electron chi connectivity index (χ2n) is 5.93. The van der Waals surface area contributed by atoms with Gasteiger partial charge in [-0.25, -0.2) is 8.42 Å². The fourth-order valence-electron chi connectivity index (χ4n) is 2.19. The lowest BCUT2D eigenvalue weighted by molar-refractivity contribution is -0.116. The molecule has 0 radical (unpaired) electrons. The first kappa shape index (κ1) is 20.2. The van der Waals surface area contributed by atoms with Gasteiger partial charge >= 0.3 is 0 Å². The molecule has 0 unspecified atom stereocenters. The number of anilines is 1. The Morgan fingerprint density at radius 3 is 2.38 bits per heavy atom. The van der Waals surface area contributed by atoms with Gasteiger partial charge in [0.25, 0.3) is 0 Å². The van der Waals surface area contributed by atoms with Crippen molar-refractivity contribution in [3.63, 3.8) is 0 Å². The molecular weight excluding hydrogens is 376 g/mol. The van der Waals surface area contributed by atoms with Crippen molar-refractivity contribution in [2.45, 2.75) is 24.8 Å². The number of para-hydroxylation sites is 2. The van der Waals surface area contributed by atoms with E-state index in [4.69, 9.17) is 16.3 Å². The minimum absolute atomic E-state index is 0.0546. The summed E-state index contributed by atoms with van der Waals surface area (Å²) < 4.78 is 31.7. The van der Waals surface area contributed by atoms with Crippen LogP contribution in [0.25, 0.3) is 0 Å². The predicted molar refractivity (Wildman–Crippen MR) is 102 cm³/mol. The SMILES string of the molecule is CC(C)Oc1ccccc1NC(=O)CN(C)S(=O)(=O)c1ccc(Cl)cc1. The number of hydrogen-bond acceptors (Lipinski definition) is 4. The van der Waals surface area contributed by atoms with Gasteiger partial charge in [-0.2, -0.15) is 4.31 Å². The minimum Gasteiger partial charge on any atom is -0.489 e. The van der Waals surface area contributed by atoms with Crippen LogP contribution in [0, 0.1) is 0 Å². The normalized spacial score (nSPS) is 11.6. The largest absolute Gasteiger partial charge is 0.489 e. The zero-order valence-electron chi connectivity index (χ0n) is 14.8. The van der Waals surface area contributed by atoms with E-state index >= 15 is 0 Å². The van der Waals surface area contributed by atoms with Crippen LogP contribution in [0.15, 0.2) is 53.4 Å². The topological polar surface area (TPSA) is 75.7 Å². The molecule has 2 rings (SSSR count). The maximum Gasteiger partial charge on any atom is 0.243 e. The molecule has 1 N–H and O–H groups in total. The third kappa shape index (κ3) is 5.20. The van der Waals surface area contributed by atoms with Gasteiger partial charge in [-0.3, -0.25) is 4.79 Å². The first-order valence-electron chi connectivity index (χ1n) is 7.97. The second-order valence-corrected chi connectivity index (χ2v) is 8.41. The van der Waals surface area contributed by atoms with E-state index in [0.717, 1.165) is 4.31 Å². The van der Waals surface area contributed by atoms with Crippen LogP contribution in [0.4, 0.5) is 5.69 Å². The standard InChI is InChI=1S/C18H21ClN2O4S/c1-13(2)25-17-7-5-4-6-16(17)20-18(22)12-21(3)26(23,24)15-10-8-14(19)9-11-15/h4-11,13H,12H2,1-3H3,(H,20,22). The molecule has 140 valence electrons. The quantitative estimate of drug-likeness (QED) is 0.778. The minimum atomic E-state index is -3.79.